The van der Waals surface area contributed by atoms with E-state index in [1.807, 2.05) is 13.8 Å². The van der Waals surface area contributed by atoms with Gasteiger partial charge in [-0.1, -0.05) is 13.3 Å². The highest BCUT2D eigenvalue weighted by molar-refractivity contribution is 5.99. The van der Waals surface area contributed by atoms with E-state index in [1.165, 1.54) is 0 Å². The molecule has 3 amide bonds. The van der Waals surface area contributed by atoms with Gasteiger partial charge in [0, 0.05) is 23.2 Å². The largest absolute Gasteiger partial charge is 0.494 e. The van der Waals surface area contributed by atoms with Gasteiger partial charge in [0.2, 0.25) is 5.91 Å². The monoisotopic (exact) mass is 383 g/mol. The molecule has 3 N–H and O–H groups in total. The summed E-state index contributed by atoms with van der Waals surface area (Å²) >= 11 is 0. The molecule has 0 aliphatic heterocycles. The van der Waals surface area contributed by atoms with Crippen LogP contribution in [0.3, 0.4) is 0 Å². The van der Waals surface area contributed by atoms with E-state index < -0.39 is 11.8 Å². The maximum absolute atomic E-state index is 12.2. The van der Waals surface area contributed by atoms with Crippen molar-refractivity contribution in [3.63, 3.8) is 0 Å². The second-order valence-electron chi connectivity index (χ2n) is 6.09. The average Bonchev–Trinajstić information content (AvgIpc) is 2.71. The van der Waals surface area contributed by atoms with Crippen molar-refractivity contribution in [3.05, 3.63) is 59.7 Å². The second-order valence-corrected chi connectivity index (χ2v) is 6.09. The Labute approximate surface area is 164 Å². The number of anilines is 1. The van der Waals surface area contributed by atoms with E-state index >= 15 is 0 Å². The van der Waals surface area contributed by atoms with Gasteiger partial charge < -0.3 is 10.1 Å². The summed E-state index contributed by atoms with van der Waals surface area (Å²) in [6.45, 7) is 4.45. The Balaban J connectivity index is 1.85. The first-order valence-corrected chi connectivity index (χ1v) is 9.27. The minimum atomic E-state index is -0.455. The topological polar surface area (TPSA) is 96.5 Å². The van der Waals surface area contributed by atoms with E-state index in [9.17, 15) is 14.4 Å². The standard InChI is InChI=1S/C21H25N3O4/c1-3-5-6-19(25)22-17-11-7-15(8-12-17)20(26)23-24-21(27)16-9-13-18(14-10-16)28-4-2/h7-14H,3-6H2,1-2H3,(H,22,25)(H,23,26)(H,24,27). The number of rotatable bonds is 8. The molecular formula is C21H25N3O4. The summed E-state index contributed by atoms with van der Waals surface area (Å²) in [4.78, 5) is 36.0. The van der Waals surface area contributed by atoms with E-state index in [0.717, 1.165) is 12.8 Å². The number of unbranched alkanes of at least 4 members (excludes halogenated alkanes) is 1. The van der Waals surface area contributed by atoms with Gasteiger partial charge in [0.1, 0.15) is 5.75 Å². The maximum Gasteiger partial charge on any atom is 0.269 e. The molecule has 0 fully saturated rings. The zero-order chi connectivity index (χ0) is 20.4. The summed E-state index contributed by atoms with van der Waals surface area (Å²) in [5.74, 6) is -0.272. The van der Waals surface area contributed by atoms with Crippen molar-refractivity contribution >= 4 is 23.4 Å². The highest BCUT2D eigenvalue weighted by Crippen LogP contribution is 2.12. The Bertz CT molecular complexity index is 801. The van der Waals surface area contributed by atoms with Gasteiger partial charge in [0.15, 0.2) is 0 Å². The summed E-state index contributed by atoms with van der Waals surface area (Å²) in [6.07, 6.45) is 2.26. The van der Waals surface area contributed by atoms with Crippen LogP contribution in [0.1, 0.15) is 53.8 Å². The van der Waals surface area contributed by atoms with Gasteiger partial charge in [-0.25, -0.2) is 0 Å². The van der Waals surface area contributed by atoms with Crippen molar-refractivity contribution in [1.29, 1.82) is 0 Å². The molecule has 7 heteroatoms. The first-order valence-electron chi connectivity index (χ1n) is 9.27. The van der Waals surface area contributed by atoms with E-state index in [-0.39, 0.29) is 5.91 Å². The van der Waals surface area contributed by atoms with Gasteiger partial charge in [-0.3, -0.25) is 25.2 Å². The minimum Gasteiger partial charge on any atom is -0.494 e. The third-order valence-electron chi connectivity index (χ3n) is 3.91. The predicted molar refractivity (Wildman–Crippen MR) is 107 cm³/mol. The number of benzene rings is 2. The van der Waals surface area contributed by atoms with Crippen molar-refractivity contribution < 1.29 is 19.1 Å². The zero-order valence-corrected chi connectivity index (χ0v) is 16.1. The summed E-state index contributed by atoms with van der Waals surface area (Å²) in [5, 5.41) is 2.78. The molecule has 0 atom stereocenters. The molecular weight excluding hydrogens is 358 g/mol. The van der Waals surface area contributed by atoms with Crippen LogP contribution in [-0.2, 0) is 4.79 Å². The van der Waals surface area contributed by atoms with Crippen molar-refractivity contribution in [1.82, 2.24) is 10.9 Å². The number of carbonyl (C=O) groups is 3. The highest BCUT2D eigenvalue weighted by atomic mass is 16.5. The van der Waals surface area contributed by atoms with Crippen LogP contribution in [0.4, 0.5) is 5.69 Å². The lowest BCUT2D eigenvalue weighted by Crippen LogP contribution is -2.41. The van der Waals surface area contributed by atoms with Gasteiger partial charge in [0.25, 0.3) is 11.8 Å². The fraction of sp³-hybridized carbons (Fsp3) is 0.286. The molecule has 0 saturated heterocycles. The first-order chi connectivity index (χ1) is 13.5. The van der Waals surface area contributed by atoms with Crippen LogP contribution in [0.5, 0.6) is 5.75 Å². The van der Waals surface area contributed by atoms with Crippen LogP contribution in [0, 0.1) is 0 Å². The number of hydrogen-bond acceptors (Lipinski definition) is 4. The van der Waals surface area contributed by atoms with E-state index in [4.69, 9.17) is 4.74 Å². The fourth-order valence-corrected chi connectivity index (χ4v) is 2.39. The third kappa shape index (κ3) is 6.42. The summed E-state index contributed by atoms with van der Waals surface area (Å²) in [5.41, 5.74) is 6.12. The van der Waals surface area contributed by atoms with E-state index in [1.54, 1.807) is 48.5 Å². The second kappa shape index (κ2) is 10.7. The minimum absolute atomic E-state index is 0.0540. The summed E-state index contributed by atoms with van der Waals surface area (Å²) in [7, 11) is 0. The molecule has 2 rings (SSSR count). The molecule has 0 bridgehead atoms. The van der Waals surface area contributed by atoms with Gasteiger partial charge in [-0.2, -0.15) is 0 Å². The molecule has 28 heavy (non-hydrogen) atoms. The van der Waals surface area contributed by atoms with Crippen molar-refractivity contribution in [3.8, 4) is 5.75 Å². The lowest BCUT2D eigenvalue weighted by atomic mass is 10.2. The van der Waals surface area contributed by atoms with E-state index in [0.29, 0.717) is 35.6 Å². The fourth-order valence-electron chi connectivity index (χ4n) is 2.39. The van der Waals surface area contributed by atoms with Crippen molar-refractivity contribution in [2.24, 2.45) is 0 Å². The number of ether oxygens (including phenoxy) is 1. The number of carbonyl (C=O) groups excluding carboxylic acids is 3. The Kier molecular flexibility index (Phi) is 8.02. The number of hydrogen-bond donors (Lipinski definition) is 3. The van der Waals surface area contributed by atoms with Gasteiger partial charge >= 0.3 is 0 Å². The molecule has 0 unspecified atom stereocenters. The third-order valence-corrected chi connectivity index (χ3v) is 3.91. The van der Waals surface area contributed by atoms with Gasteiger partial charge in [0.05, 0.1) is 6.61 Å². The number of nitrogens with one attached hydrogen (secondary N) is 3. The van der Waals surface area contributed by atoms with E-state index in [2.05, 4.69) is 16.2 Å². The molecule has 0 spiro atoms. The molecule has 2 aromatic carbocycles. The molecule has 0 aliphatic rings. The number of amides is 3. The Morgan fingerprint density at radius 3 is 1.86 bits per heavy atom. The molecule has 0 saturated carbocycles. The van der Waals surface area contributed by atoms with Crippen LogP contribution in [-0.4, -0.2) is 24.3 Å². The highest BCUT2D eigenvalue weighted by Gasteiger charge is 2.10. The SMILES string of the molecule is CCCCC(=O)Nc1ccc(C(=O)NNC(=O)c2ccc(OCC)cc2)cc1. The number of hydrazine groups is 1. The van der Waals surface area contributed by atoms with Crippen molar-refractivity contribution in [2.45, 2.75) is 33.1 Å². The van der Waals surface area contributed by atoms with Crippen molar-refractivity contribution in [2.75, 3.05) is 11.9 Å². The summed E-state index contributed by atoms with van der Waals surface area (Å²) < 4.78 is 5.32. The molecule has 7 nitrogen and oxygen atoms in total. The Morgan fingerprint density at radius 2 is 1.36 bits per heavy atom. The summed E-state index contributed by atoms with van der Waals surface area (Å²) in [6, 6.07) is 13.0. The lowest BCUT2D eigenvalue weighted by molar-refractivity contribution is -0.116. The van der Waals surface area contributed by atoms with Gasteiger partial charge in [-0.15, -0.1) is 0 Å². The average molecular weight is 383 g/mol. The Hall–Kier alpha value is -3.35. The van der Waals surface area contributed by atoms with Crippen LogP contribution >= 0.6 is 0 Å². The van der Waals surface area contributed by atoms with Gasteiger partial charge in [-0.05, 0) is 61.9 Å². The lowest BCUT2D eigenvalue weighted by Gasteiger charge is -2.09. The molecule has 0 radical (unpaired) electrons. The maximum atomic E-state index is 12.2. The predicted octanol–water partition coefficient (Wildman–Crippen LogP) is 3.29. The quantitative estimate of drug-likeness (QED) is 0.610. The first kappa shape index (κ1) is 21.0. The van der Waals surface area contributed by atoms with Crippen LogP contribution < -0.4 is 20.9 Å². The molecule has 0 heterocycles. The molecule has 148 valence electrons. The Morgan fingerprint density at radius 1 is 0.821 bits per heavy atom. The molecule has 2 aromatic rings. The van der Waals surface area contributed by atoms with Crippen LogP contribution in [0.2, 0.25) is 0 Å². The smallest absolute Gasteiger partial charge is 0.269 e. The van der Waals surface area contributed by atoms with Crippen LogP contribution in [0.25, 0.3) is 0 Å². The normalized spacial score (nSPS) is 10.1. The van der Waals surface area contributed by atoms with Crippen LogP contribution in [0.15, 0.2) is 48.5 Å². The zero-order valence-electron chi connectivity index (χ0n) is 16.1. The molecule has 0 aromatic heterocycles. The molecule has 0 aliphatic carbocycles.